The summed E-state index contributed by atoms with van der Waals surface area (Å²) in [4.78, 5) is 24.8. The smallest absolute Gasteiger partial charge is 0.329 e. The maximum atomic E-state index is 11.9. The van der Waals surface area contributed by atoms with Crippen LogP contribution in [0.15, 0.2) is 0 Å². The van der Waals surface area contributed by atoms with E-state index in [4.69, 9.17) is 0 Å². The molecule has 122 valence electrons. The molecule has 1 saturated carbocycles. The van der Waals surface area contributed by atoms with Gasteiger partial charge in [-0.25, -0.2) is 4.79 Å². The van der Waals surface area contributed by atoms with Crippen molar-refractivity contribution in [1.82, 2.24) is 15.5 Å². The second kappa shape index (κ2) is 7.63. The zero-order valence-electron chi connectivity index (χ0n) is 12.3. The average molecular weight is 309 g/mol. The van der Waals surface area contributed by atoms with E-state index in [1.165, 1.54) is 0 Å². The molecule has 5 nitrogen and oxygen atoms in total. The first-order chi connectivity index (χ1) is 9.67. The lowest BCUT2D eigenvalue weighted by Crippen LogP contribution is -2.47. The van der Waals surface area contributed by atoms with Gasteiger partial charge in [0.1, 0.15) is 6.54 Å². The summed E-state index contributed by atoms with van der Waals surface area (Å²) in [6.45, 7) is 3.49. The molecule has 2 N–H and O–H groups in total. The highest BCUT2D eigenvalue weighted by atomic mass is 19.4. The molecular formula is C13H22F3N3O2. The number of carbonyl (C=O) groups excluding carboxylic acids is 2. The summed E-state index contributed by atoms with van der Waals surface area (Å²) in [7, 11) is 0. The summed E-state index contributed by atoms with van der Waals surface area (Å²) in [5, 5.41) is 3.53. The average Bonchev–Trinajstić information content (AvgIpc) is 3.15. The zero-order chi connectivity index (χ0) is 16.0. The van der Waals surface area contributed by atoms with E-state index in [-0.39, 0.29) is 6.54 Å². The molecule has 0 atom stereocenters. The lowest BCUT2D eigenvalue weighted by atomic mass is 10.1. The molecule has 0 bridgehead atoms. The Morgan fingerprint density at radius 1 is 1.29 bits per heavy atom. The first kappa shape index (κ1) is 17.7. The highest BCUT2D eigenvalue weighted by Crippen LogP contribution is 2.27. The summed E-state index contributed by atoms with van der Waals surface area (Å²) >= 11 is 0. The fraction of sp³-hybridized carbons (Fsp3) is 0.846. The van der Waals surface area contributed by atoms with Crippen molar-refractivity contribution in [3.63, 3.8) is 0 Å². The van der Waals surface area contributed by atoms with Crippen molar-refractivity contribution in [2.75, 3.05) is 19.6 Å². The van der Waals surface area contributed by atoms with Crippen molar-refractivity contribution in [3.05, 3.63) is 0 Å². The number of imide groups is 1. The lowest BCUT2D eigenvalue weighted by molar-refractivity contribution is -0.125. The van der Waals surface area contributed by atoms with Crippen LogP contribution in [0.25, 0.3) is 0 Å². The standard InChI is InChI=1S/C13H22F3N3O2/c1-9(2)5-6-19(10-3-4-10)7-11(20)18-12(21)17-8-13(14,15)16/h9-10H,3-8H2,1-2H3,(H2,17,18,20,21). The van der Waals surface area contributed by atoms with Gasteiger partial charge in [-0.05, 0) is 31.7 Å². The van der Waals surface area contributed by atoms with Gasteiger partial charge in [0.25, 0.3) is 0 Å². The molecule has 21 heavy (non-hydrogen) atoms. The highest BCUT2D eigenvalue weighted by molar-refractivity contribution is 5.95. The number of rotatable bonds is 7. The molecule has 0 saturated heterocycles. The number of carbonyl (C=O) groups is 2. The van der Waals surface area contributed by atoms with Crippen molar-refractivity contribution in [3.8, 4) is 0 Å². The van der Waals surface area contributed by atoms with Crippen LogP contribution in [0, 0.1) is 5.92 Å². The van der Waals surface area contributed by atoms with Crippen LogP contribution < -0.4 is 10.6 Å². The van der Waals surface area contributed by atoms with Gasteiger partial charge in [0.15, 0.2) is 0 Å². The minimum atomic E-state index is -4.49. The van der Waals surface area contributed by atoms with E-state index < -0.39 is 24.7 Å². The molecule has 1 fully saturated rings. The third-order valence-corrected chi connectivity index (χ3v) is 3.11. The van der Waals surface area contributed by atoms with Crippen LogP contribution in [0.4, 0.5) is 18.0 Å². The zero-order valence-corrected chi connectivity index (χ0v) is 12.3. The Balaban J connectivity index is 2.31. The number of nitrogens with zero attached hydrogens (tertiary/aromatic N) is 1. The van der Waals surface area contributed by atoms with Gasteiger partial charge >= 0.3 is 12.2 Å². The molecule has 0 aromatic rings. The Bertz CT molecular complexity index is 368. The summed E-state index contributed by atoms with van der Waals surface area (Å²) in [6.07, 6.45) is -1.51. The van der Waals surface area contributed by atoms with Gasteiger partial charge in [-0.15, -0.1) is 0 Å². The molecule has 0 aliphatic heterocycles. The van der Waals surface area contributed by atoms with Crippen LogP contribution in [-0.4, -0.2) is 48.7 Å². The summed E-state index contributed by atoms with van der Waals surface area (Å²) < 4.78 is 35.8. The van der Waals surface area contributed by atoms with Crippen LogP contribution in [0.3, 0.4) is 0 Å². The Kier molecular flexibility index (Phi) is 6.44. The normalized spacial score (nSPS) is 15.4. The number of halogens is 3. The first-order valence-electron chi connectivity index (χ1n) is 7.06. The summed E-state index contributed by atoms with van der Waals surface area (Å²) in [5.74, 6) is -0.0743. The number of hydrogen-bond donors (Lipinski definition) is 2. The van der Waals surface area contributed by atoms with Gasteiger partial charge in [0.05, 0.1) is 6.54 Å². The molecule has 3 amide bonds. The Morgan fingerprint density at radius 3 is 2.38 bits per heavy atom. The quantitative estimate of drug-likeness (QED) is 0.755. The largest absolute Gasteiger partial charge is 0.405 e. The van der Waals surface area contributed by atoms with E-state index in [1.54, 1.807) is 5.32 Å². The van der Waals surface area contributed by atoms with Gasteiger partial charge in [0, 0.05) is 6.04 Å². The Labute approximate surface area is 122 Å². The predicted octanol–water partition coefficient (Wildman–Crippen LogP) is 1.88. The number of amides is 3. The maximum absolute atomic E-state index is 11.9. The van der Waals surface area contributed by atoms with Crippen molar-refractivity contribution in [2.24, 2.45) is 5.92 Å². The maximum Gasteiger partial charge on any atom is 0.405 e. The van der Waals surface area contributed by atoms with E-state index in [0.717, 1.165) is 25.8 Å². The van der Waals surface area contributed by atoms with Crippen molar-refractivity contribution < 1.29 is 22.8 Å². The van der Waals surface area contributed by atoms with E-state index in [1.807, 2.05) is 10.2 Å². The third kappa shape index (κ3) is 8.54. The molecule has 8 heteroatoms. The molecule has 0 aromatic carbocycles. The summed E-state index contributed by atoms with van der Waals surface area (Å²) in [6, 6.07) is -0.760. The van der Waals surface area contributed by atoms with Crippen molar-refractivity contribution in [2.45, 2.75) is 45.3 Å². The Morgan fingerprint density at radius 2 is 1.90 bits per heavy atom. The van der Waals surface area contributed by atoms with E-state index in [9.17, 15) is 22.8 Å². The van der Waals surface area contributed by atoms with Gasteiger partial charge in [-0.1, -0.05) is 13.8 Å². The Hall–Kier alpha value is -1.31. The van der Waals surface area contributed by atoms with Gasteiger partial charge in [-0.3, -0.25) is 15.0 Å². The number of alkyl halides is 3. The van der Waals surface area contributed by atoms with Gasteiger partial charge < -0.3 is 5.32 Å². The minimum absolute atomic E-state index is 0.0385. The second-order valence-electron chi connectivity index (χ2n) is 5.73. The van der Waals surface area contributed by atoms with Gasteiger partial charge in [-0.2, -0.15) is 13.2 Å². The van der Waals surface area contributed by atoms with Crippen LogP contribution >= 0.6 is 0 Å². The molecule has 1 rings (SSSR count). The minimum Gasteiger partial charge on any atom is -0.329 e. The third-order valence-electron chi connectivity index (χ3n) is 3.11. The predicted molar refractivity (Wildman–Crippen MR) is 71.6 cm³/mol. The van der Waals surface area contributed by atoms with Gasteiger partial charge in [0.2, 0.25) is 5.91 Å². The molecule has 0 unspecified atom stereocenters. The molecule has 0 radical (unpaired) electrons. The fourth-order valence-corrected chi connectivity index (χ4v) is 1.83. The van der Waals surface area contributed by atoms with E-state index in [2.05, 4.69) is 13.8 Å². The highest BCUT2D eigenvalue weighted by Gasteiger charge is 2.31. The lowest BCUT2D eigenvalue weighted by Gasteiger charge is -2.22. The first-order valence-corrected chi connectivity index (χ1v) is 7.06. The van der Waals surface area contributed by atoms with E-state index >= 15 is 0 Å². The number of urea groups is 1. The van der Waals surface area contributed by atoms with E-state index in [0.29, 0.717) is 12.0 Å². The SMILES string of the molecule is CC(C)CCN(CC(=O)NC(=O)NCC(F)(F)F)C1CC1. The number of nitrogens with one attached hydrogen (secondary N) is 2. The topological polar surface area (TPSA) is 61.4 Å². The number of hydrogen-bond acceptors (Lipinski definition) is 3. The van der Waals surface area contributed by atoms with Crippen molar-refractivity contribution >= 4 is 11.9 Å². The molecule has 0 heterocycles. The van der Waals surface area contributed by atoms with Crippen LogP contribution in [0.2, 0.25) is 0 Å². The van der Waals surface area contributed by atoms with Crippen LogP contribution in [0.5, 0.6) is 0 Å². The molecule has 0 aromatic heterocycles. The monoisotopic (exact) mass is 309 g/mol. The molecule has 0 spiro atoms. The van der Waals surface area contributed by atoms with Crippen LogP contribution in [0.1, 0.15) is 33.1 Å². The second-order valence-corrected chi connectivity index (χ2v) is 5.73. The fourth-order valence-electron chi connectivity index (χ4n) is 1.83. The molecule has 1 aliphatic rings. The molecular weight excluding hydrogens is 287 g/mol. The van der Waals surface area contributed by atoms with Crippen molar-refractivity contribution in [1.29, 1.82) is 0 Å². The van der Waals surface area contributed by atoms with Crippen LogP contribution in [-0.2, 0) is 4.79 Å². The summed E-state index contributed by atoms with van der Waals surface area (Å²) in [5.41, 5.74) is 0. The molecule has 1 aliphatic carbocycles.